The lowest BCUT2D eigenvalue weighted by Gasteiger charge is -2.06. The van der Waals surface area contributed by atoms with Gasteiger partial charge in [-0.3, -0.25) is 4.98 Å². The topological polar surface area (TPSA) is 75.7 Å². The second kappa shape index (κ2) is 6.54. The van der Waals surface area contributed by atoms with E-state index in [0.717, 1.165) is 21.1 Å². The number of hydrogen-bond acceptors (Lipinski definition) is 5. The molecule has 0 spiro atoms. The van der Waals surface area contributed by atoms with Gasteiger partial charge in [-0.1, -0.05) is 18.2 Å². The van der Waals surface area contributed by atoms with Gasteiger partial charge in [0.25, 0.3) is 0 Å². The van der Waals surface area contributed by atoms with Crippen molar-refractivity contribution in [1.82, 2.24) is 9.97 Å². The van der Waals surface area contributed by atoms with E-state index in [-0.39, 0.29) is 0 Å². The van der Waals surface area contributed by atoms with Crippen molar-refractivity contribution in [2.45, 2.75) is 6.92 Å². The summed E-state index contributed by atoms with van der Waals surface area (Å²) in [6.07, 6.45) is 7.09. The first-order valence-corrected chi connectivity index (χ1v) is 7.95. The number of aryl methyl sites for hydroxylation is 1. The lowest BCUT2D eigenvalue weighted by molar-refractivity contribution is 1.30. The molecule has 0 radical (unpaired) electrons. The van der Waals surface area contributed by atoms with Crippen LogP contribution in [0.1, 0.15) is 16.3 Å². The minimum Gasteiger partial charge on any atom is -0.398 e. The summed E-state index contributed by atoms with van der Waals surface area (Å²) in [6.45, 7) is 1.98. The Bertz CT molecular complexity index is 866. The van der Waals surface area contributed by atoms with Crippen LogP contribution in [0.5, 0.6) is 0 Å². The summed E-state index contributed by atoms with van der Waals surface area (Å²) in [5.41, 5.74) is 9.63. The fraction of sp³-hybridized carbons (Fsp3) is 0.0556. The Morgan fingerprint density at radius 3 is 2.74 bits per heavy atom. The van der Waals surface area contributed by atoms with Gasteiger partial charge in [0.1, 0.15) is 0 Å². The first kappa shape index (κ1) is 15.1. The minimum atomic E-state index is 0.361. The quantitative estimate of drug-likeness (QED) is 0.559. The zero-order valence-electron chi connectivity index (χ0n) is 12.7. The molecule has 0 unspecified atom stereocenters. The van der Waals surface area contributed by atoms with Crippen molar-refractivity contribution < 1.29 is 0 Å². The predicted octanol–water partition coefficient (Wildman–Crippen LogP) is 4.18. The summed E-state index contributed by atoms with van der Waals surface area (Å²) >= 11 is 1.63. The Morgan fingerprint density at radius 2 is 2.09 bits per heavy atom. The SMILES string of the molecule is Cc1ncc(-c2ccc(C(=N)/C=C/c3ccccn3)c(N)c2)s1. The summed E-state index contributed by atoms with van der Waals surface area (Å²) in [5.74, 6) is 0. The number of allylic oxidation sites excluding steroid dienone is 1. The van der Waals surface area contributed by atoms with Crippen LogP contribution in [0.3, 0.4) is 0 Å². The van der Waals surface area contributed by atoms with E-state index in [2.05, 4.69) is 9.97 Å². The Balaban J connectivity index is 1.83. The van der Waals surface area contributed by atoms with Gasteiger partial charge in [0.2, 0.25) is 0 Å². The molecule has 3 N–H and O–H groups in total. The number of nitrogens with zero attached hydrogens (tertiary/aromatic N) is 2. The van der Waals surface area contributed by atoms with Crippen molar-refractivity contribution in [2.24, 2.45) is 0 Å². The smallest absolute Gasteiger partial charge is 0.0900 e. The normalized spacial score (nSPS) is 11.0. The lowest BCUT2D eigenvalue weighted by atomic mass is 10.0. The molecule has 2 heterocycles. The zero-order chi connectivity index (χ0) is 16.2. The van der Waals surface area contributed by atoms with Crippen LogP contribution in [0.15, 0.2) is 54.9 Å². The van der Waals surface area contributed by atoms with Crippen LogP contribution in [0, 0.1) is 12.3 Å². The van der Waals surface area contributed by atoms with Crippen molar-refractivity contribution in [3.8, 4) is 10.4 Å². The molecule has 0 aliphatic heterocycles. The Kier molecular flexibility index (Phi) is 4.30. The third-order valence-corrected chi connectivity index (χ3v) is 4.32. The van der Waals surface area contributed by atoms with Crippen LogP contribution in [-0.2, 0) is 0 Å². The Labute approximate surface area is 138 Å². The highest BCUT2D eigenvalue weighted by molar-refractivity contribution is 7.15. The molecule has 3 aromatic rings. The number of pyridine rings is 1. The minimum absolute atomic E-state index is 0.361. The van der Waals surface area contributed by atoms with Gasteiger partial charge in [0.05, 0.1) is 21.3 Å². The summed E-state index contributed by atoms with van der Waals surface area (Å²) in [5, 5.41) is 9.22. The molecule has 0 saturated carbocycles. The van der Waals surface area contributed by atoms with E-state index >= 15 is 0 Å². The fourth-order valence-corrected chi connectivity index (χ4v) is 2.96. The molecule has 0 aliphatic rings. The molecule has 5 heteroatoms. The van der Waals surface area contributed by atoms with Gasteiger partial charge < -0.3 is 11.1 Å². The van der Waals surface area contributed by atoms with E-state index in [1.807, 2.05) is 55.6 Å². The van der Waals surface area contributed by atoms with Crippen LogP contribution in [0.2, 0.25) is 0 Å². The molecular weight excluding hydrogens is 304 g/mol. The Morgan fingerprint density at radius 1 is 1.22 bits per heavy atom. The second-order valence-corrected chi connectivity index (χ2v) is 6.28. The number of nitrogens with two attached hydrogens (primary N) is 1. The fourth-order valence-electron chi connectivity index (χ4n) is 2.19. The number of anilines is 1. The predicted molar refractivity (Wildman–Crippen MR) is 96.8 cm³/mol. The molecule has 0 aliphatic carbocycles. The van der Waals surface area contributed by atoms with Crippen LogP contribution in [0.25, 0.3) is 16.5 Å². The van der Waals surface area contributed by atoms with E-state index < -0.39 is 0 Å². The number of thiazole rings is 1. The number of hydrogen-bond donors (Lipinski definition) is 2. The van der Waals surface area contributed by atoms with Gasteiger partial charge in [-0.15, -0.1) is 11.3 Å². The van der Waals surface area contributed by atoms with Gasteiger partial charge in [0.15, 0.2) is 0 Å². The number of rotatable bonds is 4. The third kappa shape index (κ3) is 3.52. The maximum atomic E-state index is 8.19. The van der Waals surface area contributed by atoms with E-state index in [9.17, 15) is 0 Å². The monoisotopic (exact) mass is 320 g/mol. The summed E-state index contributed by atoms with van der Waals surface area (Å²) in [4.78, 5) is 9.54. The average molecular weight is 320 g/mol. The van der Waals surface area contributed by atoms with Gasteiger partial charge in [-0.25, -0.2) is 4.98 Å². The molecule has 114 valence electrons. The van der Waals surface area contributed by atoms with Crippen LogP contribution in [0.4, 0.5) is 5.69 Å². The first-order valence-electron chi connectivity index (χ1n) is 7.14. The number of nitrogen functional groups attached to an aromatic ring is 1. The van der Waals surface area contributed by atoms with Crippen molar-refractivity contribution in [3.63, 3.8) is 0 Å². The van der Waals surface area contributed by atoms with Crippen molar-refractivity contribution >= 4 is 28.8 Å². The molecule has 1 aromatic carbocycles. The molecule has 0 bridgehead atoms. The molecular formula is C18H16N4S. The molecule has 3 rings (SSSR count). The molecule has 4 nitrogen and oxygen atoms in total. The summed E-state index contributed by atoms with van der Waals surface area (Å²) < 4.78 is 0. The third-order valence-electron chi connectivity index (χ3n) is 3.36. The van der Waals surface area contributed by atoms with Gasteiger partial charge in [-0.05, 0) is 42.8 Å². The number of benzene rings is 1. The van der Waals surface area contributed by atoms with Gasteiger partial charge >= 0.3 is 0 Å². The maximum absolute atomic E-state index is 8.19. The van der Waals surface area contributed by atoms with Crippen molar-refractivity contribution in [1.29, 1.82) is 5.41 Å². The lowest BCUT2D eigenvalue weighted by Crippen LogP contribution is -2.01. The summed E-state index contributed by atoms with van der Waals surface area (Å²) in [6, 6.07) is 11.4. The molecule has 23 heavy (non-hydrogen) atoms. The maximum Gasteiger partial charge on any atom is 0.0900 e. The van der Waals surface area contributed by atoms with E-state index in [1.54, 1.807) is 23.6 Å². The average Bonchev–Trinajstić information content (AvgIpc) is 3.00. The highest BCUT2D eigenvalue weighted by Crippen LogP contribution is 2.28. The number of aromatic nitrogens is 2. The number of nitrogens with one attached hydrogen (secondary N) is 1. The van der Waals surface area contributed by atoms with E-state index in [0.29, 0.717) is 17.0 Å². The molecule has 0 atom stereocenters. The highest BCUT2D eigenvalue weighted by Gasteiger charge is 2.07. The van der Waals surface area contributed by atoms with Gasteiger partial charge in [0, 0.05) is 23.6 Å². The standard InChI is InChI=1S/C18H16N4S/c1-12-22-11-18(23-12)13-5-7-15(17(20)10-13)16(19)8-6-14-4-2-3-9-21-14/h2-11,19H,20H2,1H3/b8-6+,19-16?. The summed E-state index contributed by atoms with van der Waals surface area (Å²) in [7, 11) is 0. The first-order chi connectivity index (χ1) is 11.1. The van der Waals surface area contributed by atoms with E-state index in [1.165, 1.54) is 0 Å². The van der Waals surface area contributed by atoms with E-state index in [4.69, 9.17) is 11.1 Å². The van der Waals surface area contributed by atoms with Crippen molar-refractivity contribution in [2.75, 3.05) is 5.73 Å². The van der Waals surface area contributed by atoms with Crippen LogP contribution < -0.4 is 5.73 Å². The Hall–Kier alpha value is -2.79. The zero-order valence-corrected chi connectivity index (χ0v) is 13.5. The van der Waals surface area contributed by atoms with Crippen LogP contribution in [-0.4, -0.2) is 15.7 Å². The van der Waals surface area contributed by atoms with Crippen molar-refractivity contribution in [3.05, 3.63) is 71.1 Å². The molecule has 2 aromatic heterocycles. The van der Waals surface area contributed by atoms with Crippen LogP contribution >= 0.6 is 11.3 Å². The largest absolute Gasteiger partial charge is 0.398 e. The molecule has 0 amide bonds. The molecule has 0 fully saturated rings. The molecule has 0 saturated heterocycles. The second-order valence-electron chi connectivity index (χ2n) is 5.05. The highest BCUT2D eigenvalue weighted by atomic mass is 32.1. The van der Waals surface area contributed by atoms with Gasteiger partial charge in [-0.2, -0.15) is 0 Å².